The van der Waals surface area contributed by atoms with Gasteiger partial charge >= 0.3 is 0 Å². The Kier molecular flexibility index (Phi) is 5.90. The summed E-state index contributed by atoms with van der Waals surface area (Å²) in [4.78, 5) is 11.8. The van der Waals surface area contributed by atoms with Crippen LogP contribution in [0.2, 0.25) is 5.02 Å². The maximum absolute atomic E-state index is 13.6. The van der Waals surface area contributed by atoms with Crippen LogP contribution in [0.5, 0.6) is 0 Å². The monoisotopic (exact) mass is 373 g/mol. The Morgan fingerprint density at radius 2 is 1.83 bits per heavy atom. The van der Waals surface area contributed by atoms with E-state index in [0.717, 1.165) is 12.1 Å². The molecule has 2 aromatic carbocycles. The van der Waals surface area contributed by atoms with E-state index in [1.54, 1.807) is 0 Å². The molecule has 0 heterocycles. The van der Waals surface area contributed by atoms with Crippen LogP contribution in [0, 0.1) is 11.6 Å². The van der Waals surface area contributed by atoms with Crippen molar-refractivity contribution < 1.29 is 22.0 Å². The van der Waals surface area contributed by atoms with Crippen LogP contribution in [0.15, 0.2) is 42.5 Å². The molecule has 0 aliphatic heterocycles. The maximum Gasteiger partial charge on any atom is 0.225 e. The van der Waals surface area contributed by atoms with Gasteiger partial charge in [-0.05, 0) is 30.3 Å². The second-order valence-corrected chi connectivity index (χ2v) is 7.69. The molecule has 0 unspecified atom stereocenters. The first-order chi connectivity index (χ1) is 11.3. The zero-order valence-corrected chi connectivity index (χ0v) is 14.0. The first kappa shape index (κ1) is 18.4. The number of amides is 1. The number of rotatable bonds is 6. The number of sulfone groups is 1. The molecule has 24 heavy (non-hydrogen) atoms. The van der Waals surface area contributed by atoms with Gasteiger partial charge in [0, 0.05) is 22.7 Å². The topological polar surface area (TPSA) is 63.2 Å². The van der Waals surface area contributed by atoms with Crippen LogP contribution in [-0.4, -0.2) is 20.1 Å². The van der Waals surface area contributed by atoms with E-state index in [0.29, 0.717) is 0 Å². The summed E-state index contributed by atoms with van der Waals surface area (Å²) in [5.41, 5.74) is 0.110. The molecule has 0 aliphatic rings. The fourth-order valence-electron chi connectivity index (χ4n) is 2.00. The highest BCUT2D eigenvalue weighted by Crippen LogP contribution is 2.22. The summed E-state index contributed by atoms with van der Waals surface area (Å²) in [7, 11) is -3.73. The number of carbonyl (C=O) groups is 1. The van der Waals surface area contributed by atoms with Crippen molar-refractivity contribution in [1.29, 1.82) is 0 Å². The van der Waals surface area contributed by atoms with Gasteiger partial charge in [-0.15, -0.1) is 0 Å². The molecular formula is C16H14ClF2NO3S. The Morgan fingerprint density at radius 3 is 2.50 bits per heavy atom. The predicted octanol–water partition coefficient (Wildman–Crippen LogP) is 3.56. The number of anilines is 1. The van der Waals surface area contributed by atoms with Crippen molar-refractivity contribution in [3.63, 3.8) is 0 Å². The molecule has 0 bridgehead atoms. The van der Waals surface area contributed by atoms with Gasteiger partial charge < -0.3 is 5.32 Å². The number of nitrogens with one attached hydrogen (secondary N) is 1. The fraction of sp³-hybridized carbons (Fsp3) is 0.188. The molecule has 0 spiro atoms. The largest absolute Gasteiger partial charge is 0.326 e. The van der Waals surface area contributed by atoms with Crippen molar-refractivity contribution in [1.82, 2.24) is 0 Å². The first-order valence-electron chi connectivity index (χ1n) is 6.95. The maximum atomic E-state index is 13.6. The van der Waals surface area contributed by atoms with E-state index >= 15 is 0 Å². The SMILES string of the molecule is O=C(CCS(=O)(=O)Cc1c(F)cccc1Cl)Nc1cccc(F)c1. The zero-order valence-electron chi connectivity index (χ0n) is 12.4. The van der Waals surface area contributed by atoms with Crippen LogP contribution in [0.3, 0.4) is 0 Å². The van der Waals surface area contributed by atoms with Crippen LogP contribution in [0.4, 0.5) is 14.5 Å². The van der Waals surface area contributed by atoms with Gasteiger partial charge in [0.05, 0.1) is 11.5 Å². The molecule has 4 nitrogen and oxygen atoms in total. The predicted molar refractivity (Wildman–Crippen MR) is 88.5 cm³/mol. The third kappa shape index (κ3) is 5.28. The fourth-order valence-corrected chi connectivity index (χ4v) is 3.68. The van der Waals surface area contributed by atoms with E-state index in [9.17, 15) is 22.0 Å². The van der Waals surface area contributed by atoms with Crippen molar-refractivity contribution in [3.8, 4) is 0 Å². The van der Waals surface area contributed by atoms with E-state index in [1.807, 2.05) is 0 Å². The van der Waals surface area contributed by atoms with Crippen LogP contribution in [0.25, 0.3) is 0 Å². The molecule has 1 amide bonds. The Balaban J connectivity index is 1.96. The molecule has 0 saturated carbocycles. The summed E-state index contributed by atoms with van der Waals surface area (Å²) in [6.07, 6.45) is -0.328. The normalized spacial score (nSPS) is 11.3. The molecule has 0 saturated heterocycles. The molecule has 0 aromatic heterocycles. The highest BCUT2D eigenvalue weighted by molar-refractivity contribution is 7.90. The Hall–Kier alpha value is -1.99. The molecular weight excluding hydrogens is 360 g/mol. The van der Waals surface area contributed by atoms with Crippen LogP contribution < -0.4 is 5.32 Å². The second kappa shape index (κ2) is 7.72. The summed E-state index contributed by atoms with van der Waals surface area (Å²) < 4.78 is 50.8. The quantitative estimate of drug-likeness (QED) is 0.842. The number of carbonyl (C=O) groups excluding carboxylic acids is 1. The highest BCUT2D eigenvalue weighted by Gasteiger charge is 2.19. The molecule has 0 fully saturated rings. The standard InChI is InChI=1S/C16H14ClF2NO3S/c17-14-5-2-6-15(19)13(14)10-24(22,23)8-7-16(21)20-12-4-1-3-11(18)9-12/h1-6,9H,7-8,10H2,(H,20,21). The van der Waals surface area contributed by atoms with Crippen LogP contribution in [-0.2, 0) is 20.4 Å². The van der Waals surface area contributed by atoms with Gasteiger partial charge in [-0.1, -0.05) is 23.7 Å². The number of hydrogen-bond acceptors (Lipinski definition) is 3. The zero-order chi connectivity index (χ0) is 17.7. The molecule has 0 atom stereocenters. The Labute approximate surface area is 143 Å². The van der Waals surface area contributed by atoms with Crippen molar-refractivity contribution >= 4 is 33.0 Å². The van der Waals surface area contributed by atoms with E-state index in [1.165, 1.54) is 30.3 Å². The van der Waals surface area contributed by atoms with Crippen molar-refractivity contribution in [3.05, 3.63) is 64.7 Å². The Morgan fingerprint density at radius 1 is 1.12 bits per heavy atom. The van der Waals surface area contributed by atoms with Gasteiger partial charge in [0.15, 0.2) is 9.84 Å². The average molecular weight is 374 g/mol. The van der Waals surface area contributed by atoms with Crippen LogP contribution >= 0.6 is 11.6 Å². The van der Waals surface area contributed by atoms with Crippen LogP contribution in [0.1, 0.15) is 12.0 Å². The minimum atomic E-state index is -3.73. The third-order valence-electron chi connectivity index (χ3n) is 3.17. The van der Waals surface area contributed by atoms with Gasteiger partial charge in [0.2, 0.25) is 5.91 Å². The summed E-state index contributed by atoms with van der Waals surface area (Å²) in [5, 5.41) is 2.41. The first-order valence-corrected chi connectivity index (χ1v) is 9.15. The lowest BCUT2D eigenvalue weighted by atomic mass is 10.2. The number of benzene rings is 2. The molecule has 0 radical (unpaired) electrons. The van der Waals surface area contributed by atoms with E-state index in [4.69, 9.17) is 11.6 Å². The minimum Gasteiger partial charge on any atom is -0.326 e. The van der Waals surface area contributed by atoms with E-state index in [2.05, 4.69) is 5.32 Å². The van der Waals surface area contributed by atoms with Gasteiger partial charge in [-0.3, -0.25) is 4.79 Å². The molecule has 8 heteroatoms. The van der Waals surface area contributed by atoms with E-state index in [-0.39, 0.29) is 22.7 Å². The Bertz CT molecular complexity index is 836. The van der Waals surface area contributed by atoms with Crippen molar-refractivity contribution in [2.24, 2.45) is 0 Å². The summed E-state index contributed by atoms with van der Waals surface area (Å²) in [6, 6.07) is 9.13. The molecule has 128 valence electrons. The molecule has 2 rings (SSSR count). The number of hydrogen-bond donors (Lipinski definition) is 1. The lowest BCUT2D eigenvalue weighted by molar-refractivity contribution is -0.115. The lowest BCUT2D eigenvalue weighted by Crippen LogP contribution is -2.18. The number of halogens is 3. The van der Waals surface area contributed by atoms with Gasteiger partial charge in [-0.25, -0.2) is 17.2 Å². The molecule has 2 aromatic rings. The van der Waals surface area contributed by atoms with Gasteiger partial charge in [0.1, 0.15) is 11.6 Å². The lowest BCUT2D eigenvalue weighted by Gasteiger charge is -2.08. The third-order valence-corrected chi connectivity index (χ3v) is 5.08. The molecule has 0 aliphatic carbocycles. The van der Waals surface area contributed by atoms with Gasteiger partial charge in [0.25, 0.3) is 0 Å². The summed E-state index contributed by atoms with van der Waals surface area (Å²) in [6.45, 7) is 0. The van der Waals surface area contributed by atoms with E-state index < -0.39 is 38.9 Å². The van der Waals surface area contributed by atoms with Crippen molar-refractivity contribution in [2.75, 3.05) is 11.1 Å². The molecule has 1 N–H and O–H groups in total. The average Bonchev–Trinajstić information content (AvgIpc) is 2.49. The van der Waals surface area contributed by atoms with Gasteiger partial charge in [-0.2, -0.15) is 0 Å². The highest BCUT2D eigenvalue weighted by atomic mass is 35.5. The second-order valence-electron chi connectivity index (χ2n) is 5.10. The van der Waals surface area contributed by atoms with Crippen molar-refractivity contribution in [2.45, 2.75) is 12.2 Å². The smallest absolute Gasteiger partial charge is 0.225 e. The summed E-state index contributed by atoms with van der Waals surface area (Å²) in [5.74, 6) is -2.88. The summed E-state index contributed by atoms with van der Waals surface area (Å²) >= 11 is 5.80. The minimum absolute atomic E-state index is 0.0165.